The van der Waals surface area contributed by atoms with Crippen molar-refractivity contribution in [2.24, 2.45) is 0 Å². The summed E-state index contributed by atoms with van der Waals surface area (Å²) in [5, 5.41) is 12.6. The first kappa shape index (κ1) is 29.4. The van der Waals surface area contributed by atoms with Crippen molar-refractivity contribution in [3.8, 4) is 0 Å². The molecule has 5 rings (SSSR count). The summed E-state index contributed by atoms with van der Waals surface area (Å²) in [7, 11) is 1.38. The van der Waals surface area contributed by atoms with E-state index in [1.165, 1.54) is 24.3 Å². The van der Waals surface area contributed by atoms with Gasteiger partial charge in [-0.1, -0.05) is 42.3 Å². The van der Waals surface area contributed by atoms with Gasteiger partial charge in [-0.3, -0.25) is 14.7 Å². The summed E-state index contributed by atoms with van der Waals surface area (Å²) in [6, 6.07) is 10.7. The van der Waals surface area contributed by atoms with E-state index in [1.54, 1.807) is 37.3 Å². The maximum atomic E-state index is 16.4. The lowest BCUT2D eigenvalue weighted by atomic mass is 9.72. The normalized spacial score (nSPS) is 21.8. The summed E-state index contributed by atoms with van der Waals surface area (Å²) >= 11 is 15.7. The second kappa shape index (κ2) is 10.9. The van der Waals surface area contributed by atoms with Crippen LogP contribution in [0.5, 0.6) is 0 Å². The van der Waals surface area contributed by atoms with Crippen LogP contribution in [0.1, 0.15) is 58.9 Å². The summed E-state index contributed by atoms with van der Waals surface area (Å²) < 4.78 is 44.5. The molecule has 0 unspecified atom stereocenters. The number of rotatable bonds is 7. The number of halogens is 5. The van der Waals surface area contributed by atoms with Gasteiger partial charge < -0.3 is 14.6 Å². The summed E-state index contributed by atoms with van der Waals surface area (Å²) in [5.41, 5.74) is -5.02. The molecule has 0 bridgehead atoms. The number of hydrogen-bond acceptors (Lipinski definition) is 5. The van der Waals surface area contributed by atoms with Gasteiger partial charge in [-0.15, -0.1) is 0 Å². The van der Waals surface area contributed by atoms with Crippen molar-refractivity contribution < 1.29 is 28.2 Å². The van der Waals surface area contributed by atoms with Gasteiger partial charge in [0.15, 0.2) is 5.72 Å². The molecule has 1 fully saturated rings. The lowest BCUT2D eigenvalue weighted by Crippen LogP contribution is -2.51. The van der Waals surface area contributed by atoms with Gasteiger partial charge in [-0.05, 0) is 58.2 Å². The van der Waals surface area contributed by atoms with Crippen LogP contribution in [0.15, 0.2) is 53.1 Å². The first-order valence-electron chi connectivity index (χ1n) is 12.8. The third-order valence-corrected chi connectivity index (χ3v) is 9.17. The molecule has 11 heteroatoms. The number of hydrogen-bond donors (Lipinski definition) is 1. The Morgan fingerprint density at radius 1 is 1.18 bits per heavy atom. The molecule has 3 aromatic rings. The molecule has 40 heavy (non-hydrogen) atoms. The van der Waals surface area contributed by atoms with Crippen molar-refractivity contribution in [1.29, 1.82) is 0 Å². The highest BCUT2D eigenvalue weighted by Gasteiger charge is 2.57. The molecule has 0 spiro atoms. The van der Waals surface area contributed by atoms with Gasteiger partial charge in [0.25, 0.3) is 5.91 Å². The standard InChI is InChI=1S/C29H27BrCl2F2N2O4/c1-3-28(38,27(34)8-10-40-11-9-27)18-12-21-25(23(33)13-18)29(39-2,17-4-6-19(31)7-5-17)36(26(21)37)16-24-22(30)14-20(32)15-35-24/h4-7,12-15,38H,3,8-11,16H2,1-2H3/t28-,29-/m1/s1. The largest absolute Gasteiger partial charge is 0.382 e. The van der Waals surface area contributed by atoms with E-state index in [-0.39, 0.29) is 55.7 Å². The maximum absolute atomic E-state index is 16.4. The lowest BCUT2D eigenvalue weighted by Gasteiger charge is -2.44. The molecule has 1 aromatic heterocycles. The number of nitrogens with zero attached hydrogens (tertiary/aromatic N) is 2. The molecular formula is C29H27BrCl2F2N2O4. The van der Waals surface area contributed by atoms with E-state index >= 15 is 8.78 Å². The fraction of sp³-hybridized carbons (Fsp3) is 0.379. The molecule has 6 nitrogen and oxygen atoms in total. The summed E-state index contributed by atoms with van der Waals surface area (Å²) in [6.45, 7) is 1.81. The predicted octanol–water partition coefficient (Wildman–Crippen LogP) is 6.91. The van der Waals surface area contributed by atoms with Gasteiger partial charge in [0.05, 0.1) is 28.4 Å². The zero-order valence-electron chi connectivity index (χ0n) is 21.8. The molecule has 3 heterocycles. The number of carbonyl (C=O) groups is 1. The molecule has 212 valence electrons. The second-order valence-corrected chi connectivity index (χ2v) is 11.7. The Balaban J connectivity index is 1.72. The smallest absolute Gasteiger partial charge is 0.257 e. The van der Waals surface area contributed by atoms with Crippen molar-refractivity contribution in [3.63, 3.8) is 0 Å². The summed E-state index contributed by atoms with van der Waals surface area (Å²) in [6.07, 6.45) is 1.30. The molecule has 1 amide bonds. The van der Waals surface area contributed by atoms with Gasteiger partial charge in [0.2, 0.25) is 0 Å². The Labute approximate surface area is 249 Å². The van der Waals surface area contributed by atoms with Crippen LogP contribution in [0.25, 0.3) is 0 Å². The van der Waals surface area contributed by atoms with Crippen LogP contribution in [0.2, 0.25) is 10.0 Å². The number of fused-ring (bicyclic) bond motifs is 1. The molecule has 0 radical (unpaired) electrons. The van der Waals surface area contributed by atoms with E-state index in [4.69, 9.17) is 32.7 Å². The lowest BCUT2D eigenvalue weighted by molar-refractivity contribution is -0.155. The quantitative estimate of drug-likeness (QED) is 0.300. The number of ether oxygens (including phenoxy) is 2. The molecule has 1 N–H and O–H groups in total. The molecule has 2 aliphatic rings. The highest BCUT2D eigenvalue weighted by molar-refractivity contribution is 9.10. The van der Waals surface area contributed by atoms with Crippen LogP contribution in [0, 0.1) is 5.82 Å². The molecule has 2 aliphatic heterocycles. The number of aliphatic hydroxyl groups is 1. The molecule has 2 aromatic carbocycles. The van der Waals surface area contributed by atoms with E-state index in [2.05, 4.69) is 20.9 Å². The van der Waals surface area contributed by atoms with Crippen molar-refractivity contribution in [2.75, 3.05) is 20.3 Å². The molecule has 1 saturated heterocycles. The number of benzene rings is 2. The third kappa shape index (κ3) is 4.55. The topological polar surface area (TPSA) is 71.9 Å². The highest BCUT2D eigenvalue weighted by atomic mass is 79.9. The van der Waals surface area contributed by atoms with Crippen molar-refractivity contribution in [1.82, 2.24) is 9.88 Å². The number of amides is 1. The fourth-order valence-corrected chi connectivity index (χ4v) is 6.76. The predicted molar refractivity (Wildman–Crippen MR) is 151 cm³/mol. The van der Waals surface area contributed by atoms with Crippen LogP contribution in [0.4, 0.5) is 8.78 Å². The second-order valence-electron chi connectivity index (χ2n) is 10.0. The number of alkyl halides is 1. The van der Waals surface area contributed by atoms with E-state index < -0.39 is 28.7 Å². The molecule has 2 atom stereocenters. The van der Waals surface area contributed by atoms with Gasteiger partial charge in [0.1, 0.15) is 17.1 Å². The average Bonchev–Trinajstić information content (AvgIpc) is 3.18. The van der Waals surface area contributed by atoms with Crippen LogP contribution in [-0.4, -0.2) is 46.9 Å². The van der Waals surface area contributed by atoms with Gasteiger partial charge in [-0.2, -0.15) is 0 Å². The Morgan fingerprint density at radius 2 is 1.85 bits per heavy atom. The van der Waals surface area contributed by atoms with Gasteiger partial charge >= 0.3 is 0 Å². The average molecular weight is 656 g/mol. The minimum absolute atomic E-state index is 0.0160. The van der Waals surface area contributed by atoms with Crippen molar-refractivity contribution in [2.45, 2.75) is 49.7 Å². The zero-order chi connectivity index (χ0) is 28.9. The number of carbonyl (C=O) groups excluding carboxylic acids is 1. The Hall–Kier alpha value is -2.14. The molecule has 0 saturated carbocycles. The van der Waals surface area contributed by atoms with Crippen molar-refractivity contribution >= 4 is 45.0 Å². The zero-order valence-corrected chi connectivity index (χ0v) is 24.9. The minimum atomic E-state index is -2.06. The third-order valence-electron chi connectivity index (χ3n) is 8.02. The summed E-state index contributed by atoms with van der Waals surface area (Å²) in [4.78, 5) is 19.9. The molecular weight excluding hydrogens is 629 g/mol. The van der Waals surface area contributed by atoms with Crippen molar-refractivity contribution in [3.05, 3.63) is 96.9 Å². The van der Waals surface area contributed by atoms with E-state index in [0.717, 1.165) is 6.07 Å². The Morgan fingerprint density at radius 3 is 2.45 bits per heavy atom. The van der Waals surface area contributed by atoms with Crippen LogP contribution in [0.3, 0.4) is 0 Å². The monoisotopic (exact) mass is 654 g/mol. The first-order chi connectivity index (χ1) is 19.0. The summed E-state index contributed by atoms with van der Waals surface area (Å²) in [5.74, 6) is -1.39. The fourth-order valence-electron chi connectivity index (χ4n) is 5.87. The number of aromatic nitrogens is 1. The number of pyridine rings is 1. The van der Waals surface area contributed by atoms with Gasteiger partial charge in [-0.25, -0.2) is 8.78 Å². The number of methoxy groups -OCH3 is 1. The highest BCUT2D eigenvalue weighted by Crippen LogP contribution is 2.51. The Bertz CT molecular complexity index is 1450. The molecule has 0 aliphatic carbocycles. The van der Waals surface area contributed by atoms with Gasteiger partial charge in [0, 0.05) is 54.4 Å². The van der Waals surface area contributed by atoms with E-state index in [0.29, 0.717) is 25.8 Å². The van der Waals surface area contributed by atoms with E-state index in [1.807, 2.05) is 0 Å². The van der Waals surface area contributed by atoms with Crippen LogP contribution in [-0.2, 0) is 27.3 Å². The van der Waals surface area contributed by atoms with Crippen LogP contribution >= 0.6 is 39.1 Å². The first-order valence-corrected chi connectivity index (χ1v) is 14.3. The van der Waals surface area contributed by atoms with E-state index in [9.17, 15) is 9.90 Å². The van der Waals surface area contributed by atoms with Crippen LogP contribution < -0.4 is 0 Å². The maximum Gasteiger partial charge on any atom is 0.257 e. The Kier molecular flexibility index (Phi) is 8.02. The SMILES string of the molecule is CC[C@@](O)(c1cc(F)c2c(c1)C(=O)N(Cc1ncc(Cl)cc1Br)[C@@]2(OC)c1ccc(Cl)cc1)C1(F)CCOCC1. The minimum Gasteiger partial charge on any atom is -0.382 e.